The monoisotopic (exact) mass is 283 g/mol. The topological polar surface area (TPSA) is 61.9 Å². The number of carbonyl (C=O) groups excluding carboxylic acids is 2. The van der Waals surface area contributed by atoms with Crippen molar-refractivity contribution in [3.05, 3.63) is 0 Å². The first-order valence-electron chi connectivity index (χ1n) is 7.55. The molecule has 2 aliphatic rings. The van der Waals surface area contributed by atoms with Gasteiger partial charge in [-0.3, -0.25) is 4.79 Å². The molecule has 0 aliphatic carbocycles. The molecule has 1 atom stereocenters. The van der Waals surface area contributed by atoms with Gasteiger partial charge in [0.25, 0.3) is 0 Å². The van der Waals surface area contributed by atoms with Crippen LogP contribution in [0.4, 0.5) is 4.79 Å². The van der Waals surface area contributed by atoms with Crippen molar-refractivity contribution in [2.24, 2.45) is 5.92 Å². The normalized spacial score (nSPS) is 23.6. The third kappa shape index (κ3) is 4.37. The fraction of sp³-hybridized carbons (Fsp3) is 0.857. The molecule has 2 saturated heterocycles. The Hall–Kier alpha value is -1.30. The Kier molecular flexibility index (Phi) is 5.64. The molecule has 6 nitrogen and oxygen atoms in total. The number of morpholine rings is 1. The molecular formula is C14H25N3O3. The van der Waals surface area contributed by atoms with Gasteiger partial charge in [0.05, 0.1) is 13.2 Å². The van der Waals surface area contributed by atoms with Crippen LogP contribution in [0.1, 0.15) is 26.2 Å². The quantitative estimate of drug-likeness (QED) is 0.828. The average molecular weight is 283 g/mol. The van der Waals surface area contributed by atoms with Gasteiger partial charge in [0.2, 0.25) is 5.91 Å². The van der Waals surface area contributed by atoms with Crippen molar-refractivity contribution in [2.45, 2.75) is 26.2 Å². The Morgan fingerprint density at radius 3 is 2.65 bits per heavy atom. The minimum Gasteiger partial charge on any atom is -0.378 e. The fourth-order valence-corrected chi connectivity index (χ4v) is 2.73. The van der Waals surface area contributed by atoms with Crippen molar-refractivity contribution < 1.29 is 14.3 Å². The number of carbonyl (C=O) groups is 2. The lowest BCUT2D eigenvalue weighted by molar-refractivity contribution is -0.135. The van der Waals surface area contributed by atoms with Gasteiger partial charge in [0.1, 0.15) is 0 Å². The minimum absolute atomic E-state index is 0.0358. The number of ether oxygens (including phenoxy) is 1. The molecule has 1 N–H and O–H groups in total. The number of amides is 3. The molecule has 0 aromatic heterocycles. The standard InChI is InChI=1S/C14H25N3O3/c1-12-3-2-6-17(11-12)14(19)15-5-4-13(18)16-7-9-20-10-8-16/h12H,2-11H2,1H3,(H,15,19). The highest BCUT2D eigenvalue weighted by atomic mass is 16.5. The third-order valence-corrected chi connectivity index (χ3v) is 3.92. The number of hydrogen-bond acceptors (Lipinski definition) is 3. The van der Waals surface area contributed by atoms with E-state index >= 15 is 0 Å². The number of rotatable bonds is 3. The average Bonchev–Trinajstić information content (AvgIpc) is 2.48. The summed E-state index contributed by atoms with van der Waals surface area (Å²) in [7, 11) is 0. The molecule has 20 heavy (non-hydrogen) atoms. The highest BCUT2D eigenvalue weighted by Gasteiger charge is 2.21. The molecule has 114 valence electrons. The van der Waals surface area contributed by atoms with E-state index in [1.165, 1.54) is 6.42 Å². The SMILES string of the molecule is CC1CCCN(C(=O)NCCC(=O)N2CCOCC2)C1. The summed E-state index contributed by atoms with van der Waals surface area (Å²) < 4.78 is 5.21. The molecular weight excluding hydrogens is 258 g/mol. The number of urea groups is 1. The van der Waals surface area contributed by atoms with E-state index in [-0.39, 0.29) is 11.9 Å². The second-order valence-corrected chi connectivity index (χ2v) is 5.67. The maximum atomic E-state index is 12.0. The molecule has 2 fully saturated rings. The van der Waals surface area contributed by atoms with Crippen molar-refractivity contribution in [3.63, 3.8) is 0 Å². The molecule has 0 aromatic carbocycles. The highest BCUT2D eigenvalue weighted by Crippen LogP contribution is 2.15. The molecule has 0 bridgehead atoms. The number of likely N-dealkylation sites (tertiary alicyclic amines) is 1. The van der Waals surface area contributed by atoms with Gasteiger partial charge in [-0.1, -0.05) is 6.92 Å². The Morgan fingerprint density at radius 2 is 1.95 bits per heavy atom. The van der Waals surface area contributed by atoms with Crippen molar-refractivity contribution in [3.8, 4) is 0 Å². The zero-order chi connectivity index (χ0) is 14.4. The Labute approximate surface area is 120 Å². The largest absolute Gasteiger partial charge is 0.378 e. The molecule has 3 amide bonds. The predicted octanol–water partition coefficient (Wildman–Crippen LogP) is 0.677. The summed E-state index contributed by atoms with van der Waals surface area (Å²) in [5.41, 5.74) is 0. The van der Waals surface area contributed by atoms with Crippen LogP contribution in [0.15, 0.2) is 0 Å². The molecule has 6 heteroatoms. The van der Waals surface area contributed by atoms with E-state index < -0.39 is 0 Å². The zero-order valence-corrected chi connectivity index (χ0v) is 12.3. The summed E-state index contributed by atoms with van der Waals surface area (Å²) in [5.74, 6) is 0.671. The van der Waals surface area contributed by atoms with E-state index in [0.717, 1.165) is 19.5 Å². The number of nitrogens with zero attached hydrogens (tertiary/aromatic N) is 2. The highest BCUT2D eigenvalue weighted by molar-refractivity contribution is 5.78. The minimum atomic E-state index is -0.0358. The van der Waals surface area contributed by atoms with Gasteiger partial charge in [-0.15, -0.1) is 0 Å². The lowest BCUT2D eigenvalue weighted by Crippen LogP contribution is -2.46. The van der Waals surface area contributed by atoms with Crippen LogP contribution in [-0.2, 0) is 9.53 Å². The summed E-state index contributed by atoms with van der Waals surface area (Å²) in [6.45, 7) is 6.79. The van der Waals surface area contributed by atoms with Crippen LogP contribution in [0, 0.1) is 5.92 Å². The van der Waals surface area contributed by atoms with E-state index in [2.05, 4.69) is 12.2 Å². The van der Waals surface area contributed by atoms with E-state index in [0.29, 0.717) is 45.2 Å². The Morgan fingerprint density at radius 1 is 1.20 bits per heavy atom. The number of hydrogen-bond donors (Lipinski definition) is 1. The van der Waals surface area contributed by atoms with Crippen LogP contribution in [0.3, 0.4) is 0 Å². The van der Waals surface area contributed by atoms with Crippen molar-refractivity contribution >= 4 is 11.9 Å². The molecule has 2 aliphatic heterocycles. The van der Waals surface area contributed by atoms with E-state index in [1.54, 1.807) is 4.90 Å². The lowest BCUT2D eigenvalue weighted by atomic mass is 10.0. The second kappa shape index (κ2) is 7.47. The smallest absolute Gasteiger partial charge is 0.317 e. The molecule has 2 rings (SSSR count). The number of nitrogens with one attached hydrogen (secondary N) is 1. The predicted molar refractivity (Wildman–Crippen MR) is 75.4 cm³/mol. The van der Waals surface area contributed by atoms with E-state index in [1.807, 2.05) is 4.90 Å². The van der Waals surface area contributed by atoms with Gasteiger partial charge in [0.15, 0.2) is 0 Å². The van der Waals surface area contributed by atoms with Crippen LogP contribution < -0.4 is 5.32 Å². The maximum absolute atomic E-state index is 12.0. The molecule has 0 spiro atoms. The molecule has 1 unspecified atom stereocenters. The van der Waals surface area contributed by atoms with E-state index in [9.17, 15) is 9.59 Å². The van der Waals surface area contributed by atoms with Gasteiger partial charge in [-0.25, -0.2) is 4.79 Å². The molecule has 0 radical (unpaired) electrons. The summed E-state index contributed by atoms with van der Waals surface area (Å²) in [5, 5.41) is 2.85. The lowest BCUT2D eigenvalue weighted by Gasteiger charge is -2.31. The van der Waals surface area contributed by atoms with Crippen LogP contribution in [0.5, 0.6) is 0 Å². The second-order valence-electron chi connectivity index (χ2n) is 5.67. The molecule has 2 heterocycles. The molecule has 0 aromatic rings. The van der Waals surface area contributed by atoms with Gasteiger partial charge >= 0.3 is 6.03 Å². The summed E-state index contributed by atoms with van der Waals surface area (Å²) in [4.78, 5) is 27.5. The van der Waals surface area contributed by atoms with Crippen LogP contribution in [0.25, 0.3) is 0 Å². The zero-order valence-electron chi connectivity index (χ0n) is 12.3. The first kappa shape index (κ1) is 15.1. The first-order valence-corrected chi connectivity index (χ1v) is 7.55. The van der Waals surface area contributed by atoms with Crippen molar-refractivity contribution in [2.75, 3.05) is 45.9 Å². The summed E-state index contributed by atoms with van der Waals surface area (Å²) >= 11 is 0. The summed E-state index contributed by atoms with van der Waals surface area (Å²) in [6, 6.07) is -0.0358. The fourth-order valence-electron chi connectivity index (χ4n) is 2.73. The van der Waals surface area contributed by atoms with Crippen molar-refractivity contribution in [1.82, 2.24) is 15.1 Å². The molecule has 0 saturated carbocycles. The van der Waals surface area contributed by atoms with Crippen LogP contribution >= 0.6 is 0 Å². The number of piperidine rings is 1. The van der Waals surface area contributed by atoms with E-state index in [4.69, 9.17) is 4.74 Å². The van der Waals surface area contributed by atoms with Gasteiger partial charge in [0, 0.05) is 39.1 Å². The Bertz CT molecular complexity index is 343. The van der Waals surface area contributed by atoms with Crippen LogP contribution in [-0.4, -0.2) is 67.7 Å². The Balaban J connectivity index is 1.64. The van der Waals surface area contributed by atoms with Crippen molar-refractivity contribution in [1.29, 1.82) is 0 Å². The maximum Gasteiger partial charge on any atom is 0.317 e. The van der Waals surface area contributed by atoms with Gasteiger partial charge in [-0.2, -0.15) is 0 Å². The van der Waals surface area contributed by atoms with Gasteiger partial charge < -0.3 is 19.9 Å². The summed E-state index contributed by atoms with van der Waals surface area (Å²) in [6.07, 6.45) is 2.63. The first-order chi connectivity index (χ1) is 9.66. The third-order valence-electron chi connectivity index (χ3n) is 3.92. The van der Waals surface area contributed by atoms with Crippen LogP contribution in [0.2, 0.25) is 0 Å². The van der Waals surface area contributed by atoms with Gasteiger partial charge in [-0.05, 0) is 18.8 Å².